The molecule has 0 radical (unpaired) electrons. The molecule has 6 nitrogen and oxygen atoms in total. The number of amides is 3. The minimum Gasteiger partial charge on any atom is -0.349 e. The van der Waals surface area contributed by atoms with Gasteiger partial charge in [0.25, 0.3) is 11.8 Å². The van der Waals surface area contributed by atoms with Crippen molar-refractivity contribution in [2.45, 2.75) is 31.3 Å². The molecule has 0 aromatic heterocycles. The molecule has 2 N–H and O–H groups in total. The highest BCUT2D eigenvalue weighted by molar-refractivity contribution is 6.21. The van der Waals surface area contributed by atoms with Gasteiger partial charge in [-0.25, -0.2) is 13.7 Å². The summed E-state index contributed by atoms with van der Waals surface area (Å²) < 4.78 is 26.2. The number of halogens is 2. The van der Waals surface area contributed by atoms with Gasteiger partial charge in [-0.3, -0.25) is 14.4 Å². The van der Waals surface area contributed by atoms with Crippen LogP contribution >= 0.6 is 0 Å². The SMILES string of the molecule is O=C(NC1CC[NH+]([C@H]2CC(=O)N(c3ccc(F)cc3)C2=O)CC1)c1ccc(F)cc1. The maximum Gasteiger partial charge on any atom is 0.292 e. The van der Waals surface area contributed by atoms with Crippen LogP contribution in [0.1, 0.15) is 29.6 Å². The summed E-state index contributed by atoms with van der Waals surface area (Å²) in [5.74, 6) is -1.62. The Morgan fingerprint density at radius 3 is 2.10 bits per heavy atom. The quantitative estimate of drug-likeness (QED) is 0.736. The molecule has 0 aliphatic carbocycles. The van der Waals surface area contributed by atoms with Crippen molar-refractivity contribution in [2.75, 3.05) is 18.0 Å². The van der Waals surface area contributed by atoms with E-state index in [9.17, 15) is 23.2 Å². The van der Waals surface area contributed by atoms with E-state index < -0.39 is 17.7 Å². The molecular weight excluding hydrogens is 392 g/mol. The highest BCUT2D eigenvalue weighted by atomic mass is 19.1. The third-order valence-corrected chi connectivity index (χ3v) is 5.79. The van der Waals surface area contributed by atoms with E-state index in [0.29, 0.717) is 37.2 Å². The van der Waals surface area contributed by atoms with Crippen molar-refractivity contribution in [2.24, 2.45) is 0 Å². The Morgan fingerprint density at radius 1 is 0.933 bits per heavy atom. The summed E-state index contributed by atoms with van der Waals surface area (Å²) in [6.45, 7) is 1.30. The topological polar surface area (TPSA) is 70.9 Å². The third kappa shape index (κ3) is 4.09. The van der Waals surface area contributed by atoms with Crippen LogP contribution in [0.4, 0.5) is 14.5 Å². The smallest absolute Gasteiger partial charge is 0.292 e. The second-order valence-corrected chi connectivity index (χ2v) is 7.71. The average Bonchev–Trinajstić information content (AvgIpc) is 3.04. The van der Waals surface area contributed by atoms with Gasteiger partial charge in [0.05, 0.1) is 25.2 Å². The molecule has 156 valence electrons. The van der Waals surface area contributed by atoms with Crippen molar-refractivity contribution in [3.8, 4) is 0 Å². The summed E-state index contributed by atoms with van der Waals surface area (Å²) in [5, 5.41) is 2.95. The van der Waals surface area contributed by atoms with Crippen molar-refractivity contribution in [3.63, 3.8) is 0 Å². The lowest BCUT2D eigenvalue weighted by Crippen LogP contribution is -3.17. The zero-order valence-corrected chi connectivity index (χ0v) is 16.2. The average molecular weight is 414 g/mol. The van der Waals surface area contributed by atoms with Crippen molar-refractivity contribution < 1.29 is 28.1 Å². The van der Waals surface area contributed by atoms with Crippen molar-refractivity contribution in [1.82, 2.24) is 5.32 Å². The van der Waals surface area contributed by atoms with Gasteiger partial charge in [-0.15, -0.1) is 0 Å². The second kappa shape index (κ2) is 8.31. The molecule has 2 aromatic rings. The zero-order chi connectivity index (χ0) is 21.3. The maximum atomic E-state index is 13.1. The first-order valence-corrected chi connectivity index (χ1v) is 9.96. The van der Waals surface area contributed by atoms with Crippen LogP contribution < -0.4 is 15.1 Å². The van der Waals surface area contributed by atoms with Crippen molar-refractivity contribution in [3.05, 3.63) is 65.7 Å². The molecule has 8 heteroatoms. The first kappa shape index (κ1) is 20.2. The Labute approximate surface area is 172 Å². The molecule has 2 saturated heterocycles. The number of hydrogen-bond donors (Lipinski definition) is 2. The van der Waals surface area contributed by atoms with Gasteiger partial charge in [0, 0.05) is 24.4 Å². The highest BCUT2D eigenvalue weighted by Crippen LogP contribution is 2.22. The number of carbonyl (C=O) groups is 3. The van der Waals surface area contributed by atoms with Crippen molar-refractivity contribution in [1.29, 1.82) is 0 Å². The molecule has 1 atom stereocenters. The Bertz CT molecular complexity index is 955. The van der Waals surface area contributed by atoms with Crippen LogP contribution in [0.3, 0.4) is 0 Å². The minimum absolute atomic E-state index is 0.0355. The Hall–Kier alpha value is -3.13. The molecule has 4 rings (SSSR count). The Kier molecular flexibility index (Phi) is 5.59. The minimum atomic E-state index is -0.462. The van der Waals surface area contributed by atoms with E-state index in [0.717, 1.165) is 9.80 Å². The predicted molar refractivity (Wildman–Crippen MR) is 105 cm³/mol. The first-order chi connectivity index (χ1) is 14.4. The largest absolute Gasteiger partial charge is 0.349 e. The molecule has 2 aliphatic heterocycles. The van der Waals surface area contributed by atoms with Gasteiger partial charge in [0.15, 0.2) is 6.04 Å². The lowest BCUT2D eigenvalue weighted by atomic mass is 10.0. The summed E-state index contributed by atoms with van der Waals surface area (Å²) in [5.41, 5.74) is 0.785. The fourth-order valence-electron chi connectivity index (χ4n) is 4.16. The number of nitrogens with zero attached hydrogens (tertiary/aromatic N) is 1. The molecule has 0 bridgehead atoms. The molecule has 2 aliphatic rings. The second-order valence-electron chi connectivity index (χ2n) is 7.71. The monoisotopic (exact) mass is 414 g/mol. The fraction of sp³-hybridized carbons (Fsp3) is 0.318. The standard InChI is InChI=1S/C22H21F2N3O3/c23-15-3-1-14(2-4-15)21(29)25-17-9-11-26(12-10-17)19-13-20(28)27(22(19)30)18-7-5-16(24)6-8-18/h1-8,17,19H,9-13H2,(H,25,29)/p+1/t19-/m0/s1. The number of benzene rings is 2. The maximum absolute atomic E-state index is 13.1. The highest BCUT2D eigenvalue weighted by Gasteiger charge is 2.46. The van der Waals surface area contributed by atoms with E-state index in [2.05, 4.69) is 5.32 Å². The molecule has 2 fully saturated rings. The number of nitrogens with one attached hydrogen (secondary N) is 2. The number of hydrogen-bond acceptors (Lipinski definition) is 3. The molecule has 30 heavy (non-hydrogen) atoms. The number of likely N-dealkylation sites (tertiary alicyclic amines) is 1. The van der Waals surface area contributed by atoms with Gasteiger partial charge in [0.2, 0.25) is 5.91 Å². The molecule has 3 amide bonds. The Morgan fingerprint density at radius 2 is 1.50 bits per heavy atom. The van der Waals surface area contributed by atoms with E-state index >= 15 is 0 Å². The summed E-state index contributed by atoms with van der Waals surface area (Å²) in [7, 11) is 0. The summed E-state index contributed by atoms with van der Waals surface area (Å²) in [4.78, 5) is 39.8. The molecule has 0 unspecified atom stereocenters. The number of piperidine rings is 1. The number of quaternary nitrogens is 1. The van der Waals surface area contributed by atoms with Crippen molar-refractivity contribution >= 4 is 23.4 Å². The van der Waals surface area contributed by atoms with E-state index in [-0.39, 0.29) is 30.2 Å². The third-order valence-electron chi connectivity index (χ3n) is 5.79. The summed E-state index contributed by atoms with van der Waals surface area (Å²) in [6.07, 6.45) is 1.48. The van der Waals surface area contributed by atoms with Crippen LogP contribution in [0.15, 0.2) is 48.5 Å². The van der Waals surface area contributed by atoms with Gasteiger partial charge < -0.3 is 10.2 Å². The molecular formula is C22H22F2N3O3+. The molecule has 0 saturated carbocycles. The van der Waals surface area contributed by atoms with Gasteiger partial charge in [0.1, 0.15) is 11.6 Å². The van der Waals surface area contributed by atoms with Gasteiger partial charge >= 0.3 is 0 Å². The molecule has 2 aromatic carbocycles. The number of rotatable bonds is 4. The summed E-state index contributed by atoms with van der Waals surface area (Å²) in [6, 6.07) is 10.2. The van der Waals surface area contributed by atoms with Gasteiger partial charge in [-0.2, -0.15) is 0 Å². The molecule has 2 heterocycles. The van der Waals surface area contributed by atoms with Crippen LogP contribution in [-0.4, -0.2) is 42.9 Å². The zero-order valence-electron chi connectivity index (χ0n) is 16.2. The lowest BCUT2D eigenvalue weighted by molar-refractivity contribution is -0.919. The van der Waals surface area contributed by atoms with E-state index in [1.165, 1.54) is 48.5 Å². The predicted octanol–water partition coefficient (Wildman–Crippen LogP) is 1.07. The number of imide groups is 1. The molecule has 0 spiro atoms. The van der Waals surface area contributed by atoms with Crippen LogP contribution in [0.25, 0.3) is 0 Å². The normalized spacial score (nSPS) is 24.2. The summed E-state index contributed by atoms with van der Waals surface area (Å²) >= 11 is 0. The van der Waals surface area contributed by atoms with Gasteiger partial charge in [-0.1, -0.05) is 0 Å². The van der Waals surface area contributed by atoms with E-state index in [4.69, 9.17) is 0 Å². The fourth-order valence-corrected chi connectivity index (χ4v) is 4.16. The van der Waals surface area contributed by atoms with Crippen LogP contribution in [0.5, 0.6) is 0 Å². The lowest BCUT2D eigenvalue weighted by Gasteiger charge is -2.32. The van der Waals surface area contributed by atoms with Crippen LogP contribution in [0.2, 0.25) is 0 Å². The van der Waals surface area contributed by atoms with Gasteiger partial charge in [-0.05, 0) is 48.5 Å². The Balaban J connectivity index is 1.34. The van der Waals surface area contributed by atoms with E-state index in [1.54, 1.807) is 0 Å². The van der Waals surface area contributed by atoms with Crippen LogP contribution in [0, 0.1) is 11.6 Å². The van der Waals surface area contributed by atoms with Crippen LogP contribution in [-0.2, 0) is 9.59 Å². The number of carbonyl (C=O) groups excluding carboxylic acids is 3. The first-order valence-electron chi connectivity index (χ1n) is 9.96. The van der Waals surface area contributed by atoms with E-state index in [1.807, 2.05) is 0 Å². The number of anilines is 1.